The zero-order valence-corrected chi connectivity index (χ0v) is 21.8. The summed E-state index contributed by atoms with van der Waals surface area (Å²) in [7, 11) is 0. The van der Waals surface area contributed by atoms with Crippen LogP contribution in [0.25, 0.3) is 22.2 Å². The molecule has 1 aliphatic heterocycles. The van der Waals surface area contributed by atoms with Gasteiger partial charge in [0, 0.05) is 45.7 Å². The maximum atomic E-state index is 13.3. The number of carbonyl (C=O) groups is 1. The predicted molar refractivity (Wildman–Crippen MR) is 148 cm³/mol. The fourth-order valence-corrected chi connectivity index (χ4v) is 6.16. The van der Waals surface area contributed by atoms with E-state index in [4.69, 9.17) is 11.6 Å². The van der Waals surface area contributed by atoms with Crippen LogP contribution in [-0.2, 0) is 0 Å². The van der Waals surface area contributed by atoms with Crippen LogP contribution < -0.4 is 10.2 Å². The van der Waals surface area contributed by atoms with E-state index in [0.29, 0.717) is 16.0 Å². The molecule has 7 heteroatoms. The highest BCUT2D eigenvalue weighted by molar-refractivity contribution is 6.31. The van der Waals surface area contributed by atoms with Crippen LogP contribution in [0.4, 0.5) is 5.69 Å². The van der Waals surface area contributed by atoms with Crippen LogP contribution in [0, 0.1) is 11.3 Å². The molecule has 0 radical (unpaired) electrons. The zero-order valence-electron chi connectivity index (χ0n) is 21.0. The molecule has 190 valence electrons. The number of hydrogen-bond donors (Lipinski definition) is 3. The Morgan fingerprint density at radius 1 is 1.11 bits per heavy atom. The summed E-state index contributed by atoms with van der Waals surface area (Å²) in [5, 5.41) is 22.1. The highest BCUT2D eigenvalue weighted by atomic mass is 35.5. The van der Waals surface area contributed by atoms with E-state index in [2.05, 4.69) is 58.5 Å². The maximum Gasteiger partial charge on any atom is 0.251 e. The fraction of sp³-hybridized carbons (Fsp3) is 0.333. The molecule has 0 bridgehead atoms. The Hall–Kier alpha value is -3.35. The number of carbonyl (C=O) groups excluding carboxylic acids is 1. The number of aromatic nitrogens is 2. The number of anilines is 1. The lowest BCUT2D eigenvalue weighted by molar-refractivity contribution is -0.0491. The van der Waals surface area contributed by atoms with Crippen molar-refractivity contribution in [2.24, 2.45) is 11.3 Å². The van der Waals surface area contributed by atoms with Crippen molar-refractivity contribution in [2.75, 3.05) is 18.0 Å². The van der Waals surface area contributed by atoms with Gasteiger partial charge >= 0.3 is 0 Å². The molecule has 1 saturated carbocycles. The van der Waals surface area contributed by atoms with Crippen LogP contribution in [0.2, 0.25) is 5.02 Å². The molecule has 0 unspecified atom stereocenters. The molecular formula is C30H31ClN4O2. The number of nitrogens with one attached hydrogen (secondary N) is 2. The minimum Gasteiger partial charge on any atom is -0.393 e. The van der Waals surface area contributed by atoms with Crippen molar-refractivity contribution in [3.63, 3.8) is 0 Å². The van der Waals surface area contributed by atoms with E-state index in [0.717, 1.165) is 53.7 Å². The zero-order chi connectivity index (χ0) is 25.7. The first-order valence-electron chi connectivity index (χ1n) is 12.9. The monoisotopic (exact) mass is 514 g/mol. The Balaban J connectivity index is 1.22. The summed E-state index contributed by atoms with van der Waals surface area (Å²) in [6.45, 7) is 6.17. The second kappa shape index (κ2) is 9.19. The number of hydrogen-bond acceptors (Lipinski definition) is 4. The van der Waals surface area contributed by atoms with Crippen LogP contribution in [0.3, 0.4) is 0 Å². The molecule has 6 rings (SSSR count). The van der Waals surface area contributed by atoms with Gasteiger partial charge in [0.2, 0.25) is 0 Å². The Kier molecular flexibility index (Phi) is 5.97. The average Bonchev–Trinajstić information content (AvgIpc) is 3.27. The molecule has 1 atom stereocenters. The maximum absolute atomic E-state index is 13.3. The minimum atomic E-state index is -0.197. The fourth-order valence-electron chi connectivity index (χ4n) is 5.90. The number of nitrogens with zero attached hydrogens (tertiary/aromatic N) is 2. The summed E-state index contributed by atoms with van der Waals surface area (Å²) in [6, 6.07) is 21.5. The summed E-state index contributed by atoms with van der Waals surface area (Å²) in [4.78, 5) is 15.7. The van der Waals surface area contributed by atoms with Crippen molar-refractivity contribution in [1.29, 1.82) is 0 Å². The van der Waals surface area contributed by atoms with Crippen molar-refractivity contribution in [1.82, 2.24) is 15.5 Å². The third kappa shape index (κ3) is 4.38. The molecule has 6 nitrogen and oxygen atoms in total. The molecule has 2 aliphatic rings. The number of aromatic amines is 1. The number of aliphatic hydroxyl groups is 1. The molecule has 1 aliphatic carbocycles. The number of halogens is 1. The lowest BCUT2D eigenvalue weighted by atomic mass is 9.62. The van der Waals surface area contributed by atoms with Gasteiger partial charge in [-0.2, -0.15) is 5.10 Å². The van der Waals surface area contributed by atoms with E-state index < -0.39 is 0 Å². The number of benzene rings is 3. The van der Waals surface area contributed by atoms with Gasteiger partial charge in [0.25, 0.3) is 5.91 Å². The van der Waals surface area contributed by atoms with Gasteiger partial charge in [-0.15, -0.1) is 0 Å². The Morgan fingerprint density at radius 3 is 2.51 bits per heavy atom. The van der Waals surface area contributed by atoms with Crippen molar-refractivity contribution >= 4 is 34.1 Å². The summed E-state index contributed by atoms with van der Waals surface area (Å²) in [6.07, 6.45) is 1.73. The van der Waals surface area contributed by atoms with Crippen LogP contribution in [0.15, 0.2) is 66.7 Å². The van der Waals surface area contributed by atoms with E-state index in [9.17, 15) is 9.90 Å². The van der Waals surface area contributed by atoms with Crippen molar-refractivity contribution in [3.05, 3.63) is 82.9 Å². The Labute approximate surface area is 221 Å². The molecule has 1 saturated heterocycles. The van der Waals surface area contributed by atoms with Crippen molar-refractivity contribution in [3.8, 4) is 11.3 Å². The van der Waals surface area contributed by atoms with Gasteiger partial charge in [0.15, 0.2) is 0 Å². The first-order valence-corrected chi connectivity index (χ1v) is 13.3. The van der Waals surface area contributed by atoms with E-state index in [-0.39, 0.29) is 24.0 Å². The lowest BCUT2D eigenvalue weighted by Gasteiger charge is -2.58. The van der Waals surface area contributed by atoms with Gasteiger partial charge in [-0.3, -0.25) is 9.89 Å². The number of aliphatic hydroxyl groups excluding tert-OH is 1. The first-order chi connectivity index (χ1) is 17.8. The van der Waals surface area contributed by atoms with E-state index in [1.165, 1.54) is 5.69 Å². The van der Waals surface area contributed by atoms with Crippen molar-refractivity contribution < 1.29 is 9.90 Å². The average molecular weight is 515 g/mol. The van der Waals surface area contributed by atoms with Gasteiger partial charge in [-0.1, -0.05) is 55.8 Å². The summed E-state index contributed by atoms with van der Waals surface area (Å²) >= 11 is 6.44. The molecule has 3 aromatic carbocycles. The van der Waals surface area contributed by atoms with Crippen molar-refractivity contribution in [2.45, 2.75) is 38.8 Å². The van der Waals surface area contributed by atoms with Gasteiger partial charge < -0.3 is 15.3 Å². The molecule has 1 amide bonds. The third-order valence-electron chi connectivity index (χ3n) is 7.91. The molecule has 1 spiro atoms. The molecule has 37 heavy (non-hydrogen) atoms. The molecule has 1 aromatic heterocycles. The number of fused-ring (bicyclic) bond motifs is 1. The topological polar surface area (TPSA) is 81.2 Å². The Morgan fingerprint density at radius 2 is 1.84 bits per heavy atom. The smallest absolute Gasteiger partial charge is 0.251 e. The molecular weight excluding hydrogens is 484 g/mol. The molecule has 4 aromatic rings. The van der Waals surface area contributed by atoms with E-state index in [1.54, 1.807) is 0 Å². The number of rotatable bonds is 6. The van der Waals surface area contributed by atoms with E-state index >= 15 is 0 Å². The predicted octanol–water partition coefficient (Wildman–Crippen LogP) is 5.97. The van der Waals surface area contributed by atoms with Gasteiger partial charge in [0.1, 0.15) is 0 Å². The van der Waals surface area contributed by atoms with Gasteiger partial charge in [0.05, 0.1) is 23.4 Å². The number of amides is 1. The van der Waals surface area contributed by atoms with Crippen LogP contribution >= 0.6 is 11.6 Å². The lowest BCUT2D eigenvalue weighted by Crippen LogP contribution is -2.63. The first kappa shape index (κ1) is 24.0. The second-order valence-electron chi connectivity index (χ2n) is 11.0. The highest BCUT2D eigenvalue weighted by Crippen LogP contribution is 2.49. The normalized spacial score (nSPS) is 17.6. The molecule has 3 N–H and O–H groups in total. The number of H-pyrrole nitrogens is 1. The summed E-state index contributed by atoms with van der Waals surface area (Å²) in [5.41, 5.74) is 5.72. The largest absolute Gasteiger partial charge is 0.393 e. The standard InChI is InChI=1S/C30H31ClN4O2/c1-18(2)27(23-5-3-4-6-25(23)31)32-29(37)20-9-12-26-24(13-20)28(34-33-26)19-7-10-21(11-8-19)35-16-30(17-35)14-22(36)15-30/h3-13,18,22,27,36H,14-17H2,1-2H3,(H,32,37)(H,33,34)/t27-/m0/s1. The minimum absolute atomic E-state index is 0.114. The quantitative estimate of drug-likeness (QED) is 0.296. The van der Waals surface area contributed by atoms with Crippen LogP contribution in [-0.4, -0.2) is 40.4 Å². The highest BCUT2D eigenvalue weighted by Gasteiger charge is 2.51. The van der Waals surface area contributed by atoms with Crippen LogP contribution in [0.5, 0.6) is 0 Å². The van der Waals surface area contributed by atoms with Gasteiger partial charge in [-0.05, 0) is 60.7 Å². The van der Waals surface area contributed by atoms with E-state index in [1.807, 2.05) is 42.5 Å². The molecule has 2 fully saturated rings. The molecule has 2 heterocycles. The van der Waals surface area contributed by atoms with Crippen LogP contribution in [0.1, 0.15) is 48.7 Å². The summed E-state index contributed by atoms with van der Waals surface area (Å²) < 4.78 is 0. The summed E-state index contributed by atoms with van der Waals surface area (Å²) in [5.74, 6) is 0.0297. The SMILES string of the molecule is CC(C)[C@H](NC(=O)c1ccc2[nH]nc(-c3ccc(N4CC5(CC(O)C5)C4)cc3)c2c1)c1ccccc1Cl. The third-order valence-corrected chi connectivity index (χ3v) is 8.26. The Bertz CT molecular complexity index is 1450. The second-order valence-corrected chi connectivity index (χ2v) is 11.4. The van der Waals surface area contributed by atoms with Gasteiger partial charge in [-0.25, -0.2) is 0 Å².